The van der Waals surface area contributed by atoms with E-state index in [0.717, 1.165) is 31.9 Å². The second-order valence-corrected chi connectivity index (χ2v) is 8.91. The van der Waals surface area contributed by atoms with Crippen molar-refractivity contribution in [2.45, 2.75) is 5.16 Å². The maximum Gasteiger partial charge on any atom is 0.234 e. The van der Waals surface area contributed by atoms with E-state index in [1.165, 1.54) is 11.8 Å². The maximum atomic E-state index is 12.4. The average molecular weight is 493 g/mol. The Morgan fingerprint density at radius 3 is 2.74 bits per heavy atom. The molecule has 0 aliphatic rings. The topological polar surface area (TPSA) is 73.0 Å². The van der Waals surface area contributed by atoms with E-state index >= 15 is 0 Å². The quantitative estimate of drug-likeness (QED) is 0.310. The van der Waals surface area contributed by atoms with E-state index in [4.69, 9.17) is 4.42 Å². The molecule has 2 heterocycles. The average Bonchev–Trinajstić information content (AvgIpc) is 3.34. The first-order chi connectivity index (χ1) is 15.1. The summed E-state index contributed by atoms with van der Waals surface area (Å²) in [5.74, 6) is 1.38. The van der Waals surface area contributed by atoms with E-state index in [0.29, 0.717) is 16.7 Å². The van der Waals surface area contributed by atoms with Gasteiger partial charge in [0.25, 0.3) is 0 Å². The number of furan rings is 1. The van der Waals surface area contributed by atoms with Gasteiger partial charge in [-0.1, -0.05) is 58.0 Å². The number of carbonyl (C=O) groups is 1. The molecule has 6 nitrogen and oxygen atoms in total. The molecule has 154 valence electrons. The van der Waals surface area contributed by atoms with Crippen LogP contribution in [-0.4, -0.2) is 26.4 Å². The van der Waals surface area contributed by atoms with Crippen molar-refractivity contribution in [1.29, 1.82) is 0 Å². The summed E-state index contributed by atoms with van der Waals surface area (Å²) in [4.78, 5) is 12.4. The Morgan fingerprint density at radius 1 is 1.03 bits per heavy atom. The lowest BCUT2D eigenvalue weighted by Crippen LogP contribution is -2.14. The van der Waals surface area contributed by atoms with Gasteiger partial charge < -0.3 is 14.3 Å². The molecule has 0 spiro atoms. The SMILES string of the molecule is Cn1c(SCC(=O)Nc2ccc3ccccc3c2)nnc1-c1cc2cc(Br)ccc2o1. The van der Waals surface area contributed by atoms with Crippen LogP contribution in [0, 0.1) is 0 Å². The Balaban J connectivity index is 1.28. The fourth-order valence-electron chi connectivity index (χ4n) is 3.37. The van der Waals surface area contributed by atoms with Gasteiger partial charge in [0.15, 0.2) is 16.7 Å². The highest BCUT2D eigenvalue weighted by atomic mass is 79.9. The summed E-state index contributed by atoms with van der Waals surface area (Å²) in [5, 5.41) is 15.3. The van der Waals surface area contributed by atoms with E-state index in [2.05, 4.69) is 31.4 Å². The second kappa shape index (κ2) is 8.20. The molecular formula is C23H17BrN4O2S. The summed E-state index contributed by atoms with van der Waals surface area (Å²) < 4.78 is 8.73. The van der Waals surface area contributed by atoms with E-state index < -0.39 is 0 Å². The van der Waals surface area contributed by atoms with Gasteiger partial charge in [-0.25, -0.2) is 0 Å². The van der Waals surface area contributed by atoms with Crippen LogP contribution in [0.4, 0.5) is 5.69 Å². The molecule has 3 aromatic carbocycles. The number of hydrogen-bond acceptors (Lipinski definition) is 5. The lowest BCUT2D eigenvalue weighted by atomic mass is 10.1. The molecule has 0 radical (unpaired) electrons. The van der Waals surface area contributed by atoms with Crippen LogP contribution in [0.2, 0.25) is 0 Å². The van der Waals surface area contributed by atoms with Crippen molar-refractivity contribution in [2.75, 3.05) is 11.1 Å². The van der Waals surface area contributed by atoms with Crippen LogP contribution in [-0.2, 0) is 11.8 Å². The molecule has 1 N–H and O–H groups in total. The number of rotatable bonds is 5. The Bertz CT molecular complexity index is 1430. The van der Waals surface area contributed by atoms with Crippen LogP contribution in [0.25, 0.3) is 33.3 Å². The number of amides is 1. The molecule has 0 atom stereocenters. The Labute approximate surface area is 190 Å². The first kappa shape index (κ1) is 19.8. The van der Waals surface area contributed by atoms with Crippen molar-refractivity contribution in [3.8, 4) is 11.6 Å². The van der Waals surface area contributed by atoms with E-state index in [9.17, 15) is 4.79 Å². The predicted octanol–water partition coefficient (Wildman–Crippen LogP) is 5.87. The van der Waals surface area contributed by atoms with Crippen molar-refractivity contribution in [2.24, 2.45) is 7.05 Å². The number of thioether (sulfide) groups is 1. The molecule has 31 heavy (non-hydrogen) atoms. The zero-order chi connectivity index (χ0) is 21.4. The van der Waals surface area contributed by atoms with Crippen LogP contribution >= 0.6 is 27.7 Å². The van der Waals surface area contributed by atoms with Crippen LogP contribution in [0.1, 0.15) is 0 Å². The molecule has 2 aromatic heterocycles. The summed E-state index contributed by atoms with van der Waals surface area (Å²) in [6, 6.07) is 21.7. The van der Waals surface area contributed by atoms with E-state index in [1.54, 1.807) is 0 Å². The predicted molar refractivity (Wildman–Crippen MR) is 127 cm³/mol. The smallest absolute Gasteiger partial charge is 0.234 e. The van der Waals surface area contributed by atoms with Gasteiger partial charge in [0.05, 0.1) is 5.75 Å². The highest BCUT2D eigenvalue weighted by Gasteiger charge is 2.16. The Morgan fingerprint density at radius 2 is 1.87 bits per heavy atom. The molecule has 8 heteroatoms. The van der Waals surface area contributed by atoms with Gasteiger partial charge in [0, 0.05) is 22.6 Å². The fraction of sp³-hybridized carbons (Fsp3) is 0.0870. The standard InChI is InChI=1S/C23H17BrN4O2S/c1-28-22(20-12-16-10-17(24)7-9-19(16)30-20)26-27-23(28)31-13-21(29)25-18-8-6-14-4-2-3-5-15(14)11-18/h2-12H,13H2,1H3,(H,25,29). The van der Waals surface area contributed by atoms with E-state index in [-0.39, 0.29) is 11.7 Å². The molecule has 1 amide bonds. The number of carbonyl (C=O) groups excluding carboxylic acids is 1. The maximum absolute atomic E-state index is 12.4. The second-order valence-electron chi connectivity index (χ2n) is 7.06. The van der Waals surface area contributed by atoms with Gasteiger partial charge in [0.1, 0.15) is 5.58 Å². The Hall–Kier alpha value is -3.10. The number of aromatic nitrogens is 3. The third-order valence-corrected chi connectivity index (χ3v) is 6.41. The monoisotopic (exact) mass is 492 g/mol. The molecule has 0 aliphatic heterocycles. The third kappa shape index (κ3) is 4.08. The lowest BCUT2D eigenvalue weighted by molar-refractivity contribution is -0.113. The highest BCUT2D eigenvalue weighted by Crippen LogP contribution is 2.30. The number of anilines is 1. The molecule has 0 bridgehead atoms. The first-order valence-electron chi connectivity index (χ1n) is 9.57. The number of hydrogen-bond donors (Lipinski definition) is 1. The van der Waals surface area contributed by atoms with Crippen molar-refractivity contribution < 1.29 is 9.21 Å². The van der Waals surface area contributed by atoms with Crippen LogP contribution in [0.5, 0.6) is 0 Å². The number of nitrogens with one attached hydrogen (secondary N) is 1. The minimum Gasteiger partial charge on any atom is -0.453 e. The fourth-order valence-corrected chi connectivity index (χ4v) is 4.46. The number of halogens is 1. The molecule has 0 saturated heterocycles. The third-order valence-electron chi connectivity index (χ3n) is 4.90. The van der Waals surface area contributed by atoms with Crippen molar-refractivity contribution in [3.63, 3.8) is 0 Å². The molecule has 0 unspecified atom stereocenters. The minimum atomic E-state index is -0.0987. The summed E-state index contributed by atoms with van der Waals surface area (Å²) >= 11 is 4.80. The highest BCUT2D eigenvalue weighted by molar-refractivity contribution is 9.10. The summed E-state index contributed by atoms with van der Waals surface area (Å²) in [5.41, 5.74) is 1.56. The van der Waals surface area contributed by atoms with E-state index in [1.807, 2.05) is 78.3 Å². The summed E-state index contributed by atoms with van der Waals surface area (Å²) in [6.45, 7) is 0. The van der Waals surface area contributed by atoms with Gasteiger partial charge in [-0.15, -0.1) is 10.2 Å². The lowest BCUT2D eigenvalue weighted by Gasteiger charge is -2.06. The zero-order valence-electron chi connectivity index (χ0n) is 16.5. The molecule has 0 fully saturated rings. The molecule has 5 aromatic rings. The first-order valence-corrected chi connectivity index (χ1v) is 11.3. The van der Waals surface area contributed by atoms with Gasteiger partial charge in [-0.3, -0.25) is 4.79 Å². The largest absolute Gasteiger partial charge is 0.453 e. The van der Waals surface area contributed by atoms with Crippen LogP contribution in [0.3, 0.4) is 0 Å². The van der Waals surface area contributed by atoms with Gasteiger partial charge >= 0.3 is 0 Å². The number of benzene rings is 3. The van der Waals surface area contributed by atoms with Crippen molar-refractivity contribution in [3.05, 3.63) is 71.2 Å². The number of fused-ring (bicyclic) bond motifs is 2. The molecule has 0 saturated carbocycles. The zero-order valence-corrected chi connectivity index (χ0v) is 18.9. The van der Waals surface area contributed by atoms with Crippen molar-refractivity contribution >= 4 is 61.0 Å². The summed E-state index contributed by atoms with van der Waals surface area (Å²) in [7, 11) is 1.86. The van der Waals surface area contributed by atoms with Gasteiger partial charge in [-0.2, -0.15) is 0 Å². The van der Waals surface area contributed by atoms with Crippen LogP contribution < -0.4 is 5.32 Å². The molecule has 0 aliphatic carbocycles. The van der Waals surface area contributed by atoms with Crippen molar-refractivity contribution in [1.82, 2.24) is 14.8 Å². The number of nitrogens with zero attached hydrogens (tertiary/aromatic N) is 3. The Kier molecular flexibility index (Phi) is 5.25. The minimum absolute atomic E-state index is 0.0987. The normalized spacial score (nSPS) is 11.3. The molecule has 5 rings (SSSR count). The summed E-state index contributed by atoms with van der Waals surface area (Å²) in [6.07, 6.45) is 0. The van der Waals surface area contributed by atoms with Crippen LogP contribution in [0.15, 0.2) is 80.8 Å². The molecular weight excluding hydrogens is 476 g/mol. The van der Waals surface area contributed by atoms with Gasteiger partial charge in [-0.05, 0) is 47.2 Å². The van der Waals surface area contributed by atoms with Gasteiger partial charge in [0.2, 0.25) is 5.91 Å².